The molecule has 0 amide bonds. The van der Waals surface area contributed by atoms with Crippen LogP contribution in [0.3, 0.4) is 0 Å². The second-order valence-corrected chi connectivity index (χ2v) is 13.8. The topological polar surface area (TPSA) is 134 Å². The van der Waals surface area contributed by atoms with Crippen LogP contribution in [0, 0.1) is 17.8 Å². The fraction of sp³-hybridized carbons (Fsp3) is 0.289. The van der Waals surface area contributed by atoms with Crippen molar-refractivity contribution in [3.8, 4) is 34.6 Å². The van der Waals surface area contributed by atoms with Crippen LogP contribution >= 0.6 is 0 Å². The largest absolute Gasteiger partial charge is 0.504 e. The van der Waals surface area contributed by atoms with Crippen molar-refractivity contribution in [1.29, 1.82) is 0 Å². The van der Waals surface area contributed by atoms with Crippen LogP contribution in [0.25, 0.3) is 33.2 Å². The Morgan fingerprint density at radius 1 is 1.02 bits per heavy atom. The van der Waals surface area contributed by atoms with E-state index in [1.807, 2.05) is 60.9 Å². The number of hydrogen-bond donors (Lipinski definition) is 2. The van der Waals surface area contributed by atoms with E-state index in [1.165, 1.54) is 6.33 Å². The molecule has 1 aliphatic heterocycles. The number of nitrogens with two attached hydrogens (primary N) is 1. The van der Waals surface area contributed by atoms with E-state index in [2.05, 4.69) is 33.9 Å². The zero-order valence-corrected chi connectivity index (χ0v) is 26.7. The van der Waals surface area contributed by atoms with Gasteiger partial charge in [-0.2, -0.15) is 5.10 Å². The van der Waals surface area contributed by atoms with E-state index in [0.29, 0.717) is 57.1 Å². The average Bonchev–Trinajstić information content (AvgIpc) is 4.00. The van der Waals surface area contributed by atoms with Gasteiger partial charge in [0.25, 0.3) is 5.56 Å². The number of benzene rings is 3. The van der Waals surface area contributed by atoms with E-state index in [0.717, 1.165) is 42.4 Å². The number of phenols is 1. The number of nitrogen functional groups attached to an aromatic ring is 1. The minimum absolute atomic E-state index is 0.0773. The van der Waals surface area contributed by atoms with Crippen molar-refractivity contribution < 1.29 is 9.84 Å². The zero-order chi connectivity index (χ0) is 32.8. The maximum Gasteiger partial charge on any atom is 0.263 e. The van der Waals surface area contributed by atoms with Crippen molar-refractivity contribution in [2.24, 2.45) is 5.92 Å². The molecule has 0 unspecified atom stereocenters. The summed E-state index contributed by atoms with van der Waals surface area (Å²) in [6, 6.07) is 19.3. The summed E-state index contributed by atoms with van der Waals surface area (Å²) in [5.74, 6) is 8.40. The highest BCUT2D eigenvalue weighted by molar-refractivity contribution is 5.99. The molecule has 48 heavy (non-hydrogen) atoms. The van der Waals surface area contributed by atoms with Crippen LogP contribution in [0.5, 0.6) is 11.5 Å². The van der Waals surface area contributed by atoms with E-state index in [-0.39, 0.29) is 23.7 Å². The van der Waals surface area contributed by atoms with Crippen LogP contribution in [0.15, 0.2) is 71.8 Å². The first kappa shape index (κ1) is 28.5. The maximum atomic E-state index is 14.8. The molecule has 10 nitrogen and oxygen atoms in total. The summed E-state index contributed by atoms with van der Waals surface area (Å²) in [5, 5.41) is 16.9. The van der Waals surface area contributed by atoms with Crippen molar-refractivity contribution in [1.82, 2.24) is 29.3 Å². The lowest BCUT2D eigenvalue weighted by Crippen LogP contribution is -2.36. The molecule has 238 valence electrons. The highest BCUT2D eigenvalue weighted by atomic mass is 16.5. The Balaban J connectivity index is 1.26. The number of aromatic nitrogens is 6. The van der Waals surface area contributed by atoms with Gasteiger partial charge in [-0.25, -0.2) is 19.6 Å². The van der Waals surface area contributed by atoms with Gasteiger partial charge in [-0.05, 0) is 69.4 Å². The van der Waals surface area contributed by atoms with Crippen molar-refractivity contribution in [2.75, 3.05) is 5.73 Å². The molecule has 2 saturated carbocycles. The summed E-state index contributed by atoms with van der Waals surface area (Å²) < 4.78 is 9.76. The molecule has 2 aliphatic carbocycles. The Morgan fingerprint density at radius 2 is 1.83 bits per heavy atom. The van der Waals surface area contributed by atoms with Gasteiger partial charge in [0.05, 0.1) is 21.8 Å². The molecular weight excluding hydrogens is 602 g/mol. The van der Waals surface area contributed by atoms with E-state index < -0.39 is 11.1 Å². The van der Waals surface area contributed by atoms with Gasteiger partial charge >= 0.3 is 0 Å². The summed E-state index contributed by atoms with van der Waals surface area (Å²) in [6.07, 6.45) is 5.82. The third-order valence-corrected chi connectivity index (χ3v) is 9.74. The Hall–Kier alpha value is -5.69. The van der Waals surface area contributed by atoms with Crippen LogP contribution in [0.4, 0.5) is 5.82 Å². The van der Waals surface area contributed by atoms with Crippen molar-refractivity contribution in [2.45, 2.75) is 63.6 Å². The lowest BCUT2D eigenvalue weighted by Gasteiger charge is -2.24. The lowest BCUT2D eigenvalue weighted by molar-refractivity contribution is 0.134. The summed E-state index contributed by atoms with van der Waals surface area (Å²) >= 11 is 0. The third kappa shape index (κ3) is 4.45. The molecule has 3 N–H and O–H groups in total. The van der Waals surface area contributed by atoms with Crippen molar-refractivity contribution in [3.05, 3.63) is 99.9 Å². The van der Waals surface area contributed by atoms with Gasteiger partial charge in [-0.3, -0.25) is 9.36 Å². The monoisotopic (exact) mass is 635 g/mol. The third-order valence-electron chi connectivity index (χ3n) is 9.74. The first-order chi connectivity index (χ1) is 23.2. The van der Waals surface area contributed by atoms with Gasteiger partial charge in [0.2, 0.25) is 0 Å². The number of anilines is 1. The quantitative estimate of drug-likeness (QED) is 0.236. The minimum Gasteiger partial charge on any atom is -0.504 e. The van der Waals surface area contributed by atoms with Crippen LogP contribution in [-0.2, 0) is 18.5 Å². The molecule has 3 aromatic carbocycles. The van der Waals surface area contributed by atoms with E-state index in [4.69, 9.17) is 20.6 Å². The molecule has 0 radical (unpaired) electrons. The number of hydrogen-bond acceptors (Lipinski definition) is 8. The molecular formula is C38H33N7O3. The van der Waals surface area contributed by atoms with Crippen LogP contribution < -0.4 is 16.0 Å². The van der Waals surface area contributed by atoms with Crippen molar-refractivity contribution >= 4 is 27.8 Å². The molecule has 3 aliphatic rings. The van der Waals surface area contributed by atoms with E-state index in [9.17, 15) is 9.90 Å². The van der Waals surface area contributed by atoms with E-state index in [1.54, 1.807) is 10.7 Å². The molecule has 0 saturated heterocycles. The second-order valence-electron chi connectivity index (χ2n) is 13.8. The zero-order valence-electron chi connectivity index (χ0n) is 26.7. The maximum absolute atomic E-state index is 14.8. The number of nitrogens with zero attached hydrogens (tertiary/aromatic N) is 6. The standard InChI is InChI=1S/C38H33N7O3/c1-37(2)19-26-25(15-16-28(46)33(26)48-37)32-31-34(39)40-21-41-35(31)44(43-32)20-29-42-27-10-6-7-23(14-13-22-11-12-22)30(27)36(47)45(29)38(17-18-38)24-8-4-3-5-9-24/h3-10,15-16,21-22,46H,11-12,17-20H2,1-2H3,(H2,39,40,41). The summed E-state index contributed by atoms with van der Waals surface area (Å²) in [5.41, 5.74) is 10.5. The highest BCUT2D eigenvalue weighted by Gasteiger charge is 2.48. The molecule has 0 atom stereocenters. The van der Waals surface area contributed by atoms with Gasteiger partial charge in [-0.1, -0.05) is 48.2 Å². The Bertz CT molecular complexity index is 2430. The number of ether oxygens (including phenoxy) is 1. The first-order valence-electron chi connectivity index (χ1n) is 16.4. The predicted octanol–water partition coefficient (Wildman–Crippen LogP) is 5.55. The molecule has 4 heterocycles. The first-order valence-corrected chi connectivity index (χ1v) is 16.4. The van der Waals surface area contributed by atoms with Crippen LogP contribution in [-0.4, -0.2) is 40.0 Å². The van der Waals surface area contributed by atoms with E-state index >= 15 is 0 Å². The number of phenolic OH excluding ortho intramolecular Hbond substituents is 1. The Morgan fingerprint density at radius 3 is 2.60 bits per heavy atom. The van der Waals surface area contributed by atoms with Gasteiger partial charge < -0.3 is 15.6 Å². The van der Waals surface area contributed by atoms with Crippen molar-refractivity contribution in [3.63, 3.8) is 0 Å². The SMILES string of the molecule is CC1(C)Cc2c(-c3nn(Cc4nc5cccc(C#CC6CC6)c5c(=O)n4C4(c5ccccc5)CC4)c4ncnc(N)c34)ccc(O)c2O1. The van der Waals surface area contributed by atoms with Gasteiger partial charge in [0, 0.05) is 29.0 Å². The summed E-state index contributed by atoms with van der Waals surface area (Å²) in [6.45, 7) is 4.13. The summed E-state index contributed by atoms with van der Waals surface area (Å²) in [7, 11) is 0. The molecule has 0 spiro atoms. The Labute approximate surface area is 276 Å². The fourth-order valence-electron chi connectivity index (χ4n) is 7.17. The highest BCUT2D eigenvalue weighted by Crippen LogP contribution is 2.50. The molecule has 6 aromatic rings. The average molecular weight is 636 g/mol. The Kier molecular flexibility index (Phi) is 6.03. The number of aromatic hydroxyl groups is 1. The molecule has 10 heteroatoms. The van der Waals surface area contributed by atoms with Crippen LogP contribution in [0.2, 0.25) is 0 Å². The lowest BCUT2D eigenvalue weighted by atomic mass is 9.95. The molecule has 2 fully saturated rings. The number of rotatable bonds is 5. The minimum atomic E-state index is -0.535. The summed E-state index contributed by atoms with van der Waals surface area (Å²) in [4.78, 5) is 28.9. The second kappa shape index (κ2) is 10.2. The molecule has 9 rings (SSSR count). The van der Waals surface area contributed by atoms with Gasteiger partial charge in [0.1, 0.15) is 35.8 Å². The number of fused-ring (bicyclic) bond motifs is 3. The molecule has 3 aromatic heterocycles. The normalized spacial score (nSPS) is 17.1. The fourth-order valence-corrected chi connectivity index (χ4v) is 7.17. The smallest absolute Gasteiger partial charge is 0.263 e. The predicted molar refractivity (Wildman–Crippen MR) is 183 cm³/mol. The van der Waals surface area contributed by atoms with Gasteiger partial charge in [0.15, 0.2) is 17.1 Å². The van der Waals surface area contributed by atoms with Gasteiger partial charge in [-0.15, -0.1) is 0 Å². The molecule has 0 bridgehead atoms. The van der Waals surface area contributed by atoms with Crippen LogP contribution in [0.1, 0.15) is 62.0 Å².